The number of nitrogens with zero attached hydrogens (tertiary/aromatic N) is 2. The normalized spacial score (nSPS) is 23.8. The van der Waals surface area contributed by atoms with Crippen LogP contribution in [-0.2, 0) is 0 Å². The molecule has 0 aliphatic carbocycles. The highest BCUT2D eigenvalue weighted by Gasteiger charge is 2.25. The molecule has 78 valence electrons. The molecule has 0 amide bonds. The molecule has 0 spiro atoms. The topological polar surface area (TPSA) is 44.5 Å². The van der Waals surface area contributed by atoms with Crippen LogP contribution in [0.1, 0.15) is 12.8 Å². The van der Waals surface area contributed by atoms with Crippen molar-refractivity contribution in [2.24, 2.45) is 11.8 Å². The molecule has 1 fully saturated rings. The van der Waals surface area contributed by atoms with E-state index in [-0.39, 0.29) is 0 Å². The van der Waals surface area contributed by atoms with Gasteiger partial charge in [0.25, 0.3) is 0 Å². The van der Waals surface area contributed by atoms with Gasteiger partial charge in [-0.3, -0.25) is 10.7 Å². The Hall–Kier alpha value is -0.160. The van der Waals surface area contributed by atoms with Crippen LogP contribution in [0.2, 0.25) is 0 Å². The zero-order chi connectivity index (χ0) is 9.84. The van der Waals surface area contributed by atoms with E-state index in [0.29, 0.717) is 12.1 Å². The molecule has 4 nitrogen and oxygen atoms in total. The van der Waals surface area contributed by atoms with Gasteiger partial charge in [-0.05, 0) is 53.0 Å². The number of nitrogens with two attached hydrogens (primary N) is 1. The quantitative estimate of drug-likeness (QED) is 0.360. The van der Waals surface area contributed by atoms with Gasteiger partial charge >= 0.3 is 0 Å². The van der Waals surface area contributed by atoms with E-state index >= 15 is 0 Å². The summed E-state index contributed by atoms with van der Waals surface area (Å²) in [7, 11) is 6.32. The number of likely N-dealkylation sites (tertiary alicyclic amines) is 1. The molecule has 0 radical (unpaired) electrons. The minimum Gasteiger partial charge on any atom is -0.306 e. The van der Waals surface area contributed by atoms with E-state index in [1.165, 1.54) is 25.9 Å². The summed E-state index contributed by atoms with van der Waals surface area (Å²) in [6.07, 6.45) is 2.81. The summed E-state index contributed by atoms with van der Waals surface area (Å²) in [5.74, 6) is 6.22. The fourth-order valence-corrected chi connectivity index (χ4v) is 2.05. The fourth-order valence-electron chi connectivity index (χ4n) is 2.05. The molecule has 0 aromatic heterocycles. The molecule has 1 atom stereocenters. The minimum atomic E-state index is 0.327. The van der Waals surface area contributed by atoms with Crippen molar-refractivity contribution in [3.05, 3.63) is 0 Å². The van der Waals surface area contributed by atoms with Crippen molar-refractivity contribution < 1.29 is 0 Å². The van der Waals surface area contributed by atoms with Crippen LogP contribution < -0.4 is 11.3 Å². The molecule has 0 saturated carbocycles. The maximum absolute atomic E-state index is 5.53. The summed E-state index contributed by atoms with van der Waals surface area (Å²) >= 11 is 0. The molecule has 1 aliphatic rings. The molecule has 4 heteroatoms. The van der Waals surface area contributed by atoms with E-state index in [2.05, 4.69) is 36.4 Å². The van der Waals surface area contributed by atoms with Gasteiger partial charge in [-0.1, -0.05) is 0 Å². The molecule has 3 N–H and O–H groups in total. The number of hydrazine groups is 1. The number of rotatable bonds is 3. The third kappa shape index (κ3) is 2.91. The van der Waals surface area contributed by atoms with Gasteiger partial charge in [0.2, 0.25) is 0 Å². The highest BCUT2D eigenvalue weighted by atomic mass is 15.4. The lowest BCUT2D eigenvalue weighted by Crippen LogP contribution is -2.52. The molecule has 0 bridgehead atoms. The predicted molar refractivity (Wildman–Crippen MR) is 55.0 cm³/mol. The summed E-state index contributed by atoms with van der Waals surface area (Å²) < 4.78 is 0. The first-order chi connectivity index (χ1) is 6.15. The maximum atomic E-state index is 5.53. The van der Waals surface area contributed by atoms with Crippen LogP contribution in [0.5, 0.6) is 0 Å². The molecule has 1 unspecified atom stereocenters. The third-order valence-corrected chi connectivity index (χ3v) is 2.94. The van der Waals surface area contributed by atoms with Gasteiger partial charge in [-0.25, -0.2) is 5.43 Å². The molecule has 13 heavy (non-hydrogen) atoms. The standard InChI is InChI=1S/C9H22N4/c1-12(2)9(11-10)8-4-6-13(3)7-5-8/h8-9,11H,4-7,10H2,1-3H3. The van der Waals surface area contributed by atoms with Crippen molar-refractivity contribution >= 4 is 0 Å². The van der Waals surface area contributed by atoms with Crippen LogP contribution in [0, 0.1) is 5.92 Å². The first-order valence-corrected chi connectivity index (χ1v) is 4.96. The predicted octanol–water partition coefficient (Wildman–Crippen LogP) is -0.321. The molecule has 0 aromatic carbocycles. The lowest BCUT2D eigenvalue weighted by atomic mass is 9.93. The van der Waals surface area contributed by atoms with Gasteiger partial charge in [0.15, 0.2) is 0 Å². The van der Waals surface area contributed by atoms with E-state index in [9.17, 15) is 0 Å². The van der Waals surface area contributed by atoms with Gasteiger partial charge < -0.3 is 4.90 Å². The van der Waals surface area contributed by atoms with Crippen molar-refractivity contribution in [2.75, 3.05) is 34.2 Å². The van der Waals surface area contributed by atoms with Crippen LogP contribution >= 0.6 is 0 Å². The smallest absolute Gasteiger partial charge is 0.0751 e. The van der Waals surface area contributed by atoms with Gasteiger partial charge in [-0.15, -0.1) is 0 Å². The Bertz CT molecular complexity index is 141. The first kappa shape index (κ1) is 10.9. The SMILES string of the molecule is CN1CCC(C(NN)N(C)C)CC1. The summed E-state index contributed by atoms with van der Waals surface area (Å²) in [4.78, 5) is 4.54. The number of piperidine rings is 1. The molecule has 1 heterocycles. The van der Waals surface area contributed by atoms with Crippen molar-refractivity contribution in [2.45, 2.75) is 19.0 Å². The van der Waals surface area contributed by atoms with E-state index in [1.807, 2.05) is 0 Å². The van der Waals surface area contributed by atoms with Crippen LogP contribution in [0.3, 0.4) is 0 Å². The van der Waals surface area contributed by atoms with Gasteiger partial charge in [0.05, 0.1) is 6.17 Å². The molecule has 1 saturated heterocycles. The second-order valence-corrected chi connectivity index (χ2v) is 4.22. The van der Waals surface area contributed by atoms with Crippen molar-refractivity contribution in [1.82, 2.24) is 15.2 Å². The average molecular weight is 186 g/mol. The van der Waals surface area contributed by atoms with Gasteiger partial charge in [0, 0.05) is 0 Å². The van der Waals surface area contributed by atoms with Crippen molar-refractivity contribution in [1.29, 1.82) is 0 Å². The Morgan fingerprint density at radius 2 is 1.92 bits per heavy atom. The summed E-state index contributed by atoms with van der Waals surface area (Å²) in [5.41, 5.74) is 2.89. The Morgan fingerprint density at radius 1 is 1.38 bits per heavy atom. The molecule has 1 rings (SSSR count). The van der Waals surface area contributed by atoms with E-state index < -0.39 is 0 Å². The largest absolute Gasteiger partial charge is 0.306 e. The summed E-state index contributed by atoms with van der Waals surface area (Å²) in [6.45, 7) is 2.38. The second kappa shape index (κ2) is 4.91. The van der Waals surface area contributed by atoms with Crippen LogP contribution in [0.4, 0.5) is 0 Å². The number of nitrogens with one attached hydrogen (secondary N) is 1. The first-order valence-electron chi connectivity index (χ1n) is 4.96. The minimum absolute atomic E-state index is 0.327. The summed E-state index contributed by atoms with van der Waals surface area (Å²) in [6, 6.07) is 0. The Labute approximate surface area is 81.0 Å². The zero-order valence-electron chi connectivity index (χ0n) is 8.95. The van der Waals surface area contributed by atoms with Gasteiger partial charge in [0.1, 0.15) is 0 Å². The lowest BCUT2D eigenvalue weighted by molar-refractivity contribution is 0.109. The second-order valence-electron chi connectivity index (χ2n) is 4.22. The average Bonchev–Trinajstić information content (AvgIpc) is 2.09. The fraction of sp³-hybridized carbons (Fsp3) is 1.00. The maximum Gasteiger partial charge on any atom is 0.0751 e. The Morgan fingerprint density at radius 3 is 2.31 bits per heavy atom. The Balaban J connectivity index is 2.41. The number of hydrogen-bond donors (Lipinski definition) is 2. The van der Waals surface area contributed by atoms with Crippen LogP contribution in [0.25, 0.3) is 0 Å². The zero-order valence-corrected chi connectivity index (χ0v) is 8.95. The van der Waals surface area contributed by atoms with Crippen molar-refractivity contribution in [3.8, 4) is 0 Å². The molecular formula is C9H22N4. The van der Waals surface area contributed by atoms with E-state index in [0.717, 1.165) is 0 Å². The van der Waals surface area contributed by atoms with Crippen LogP contribution in [0.15, 0.2) is 0 Å². The third-order valence-electron chi connectivity index (χ3n) is 2.94. The number of hydrogen-bond acceptors (Lipinski definition) is 4. The van der Waals surface area contributed by atoms with E-state index in [4.69, 9.17) is 5.84 Å². The van der Waals surface area contributed by atoms with Crippen molar-refractivity contribution in [3.63, 3.8) is 0 Å². The highest BCUT2D eigenvalue weighted by molar-refractivity contribution is 4.78. The monoisotopic (exact) mass is 186 g/mol. The molecular weight excluding hydrogens is 164 g/mol. The van der Waals surface area contributed by atoms with Crippen LogP contribution in [-0.4, -0.2) is 50.2 Å². The van der Waals surface area contributed by atoms with Gasteiger partial charge in [-0.2, -0.15) is 0 Å². The molecule has 0 aromatic rings. The highest BCUT2D eigenvalue weighted by Crippen LogP contribution is 2.20. The lowest BCUT2D eigenvalue weighted by Gasteiger charge is -2.37. The molecule has 1 aliphatic heterocycles. The Kier molecular flexibility index (Phi) is 4.12. The summed E-state index contributed by atoms with van der Waals surface area (Å²) in [5, 5.41) is 0. The van der Waals surface area contributed by atoms with E-state index in [1.54, 1.807) is 0 Å².